The van der Waals surface area contributed by atoms with Crippen molar-refractivity contribution in [2.75, 3.05) is 11.5 Å². The summed E-state index contributed by atoms with van der Waals surface area (Å²) in [5, 5.41) is 0. The molecule has 0 radical (unpaired) electrons. The first-order chi connectivity index (χ1) is 17.5. The molecule has 4 N–H and O–H groups in total. The molecule has 0 saturated heterocycles. The molecule has 0 fully saturated rings. The Morgan fingerprint density at radius 3 is 1.05 bits per heavy atom. The number of ether oxygens (including phenoxy) is 2. The predicted octanol–water partition coefficient (Wildman–Crippen LogP) is 7.85. The summed E-state index contributed by atoms with van der Waals surface area (Å²) in [6.45, 7) is 0. The van der Waals surface area contributed by atoms with Gasteiger partial charge in [0.2, 0.25) is 5.41 Å². The minimum Gasteiger partial charge on any atom is -0.455 e. The summed E-state index contributed by atoms with van der Waals surface area (Å²) in [6, 6.07) is 19.7. The number of rotatable bonds is 6. The number of nitrogens with two attached hydrogens (primary N) is 2. The number of hydrogen-bond donors (Lipinski definition) is 2. The van der Waals surface area contributed by atoms with Crippen molar-refractivity contribution >= 4 is 11.4 Å². The molecule has 0 aromatic heterocycles. The fraction of sp³-hybridized carbons (Fsp3) is 0.111. The molecular weight excluding hydrogens is 498 g/mol. The van der Waals surface area contributed by atoms with E-state index in [1.807, 2.05) is 0 Å². The van der Waals surface area contributed by atoms with Crippen LogP contribution in [0.25, 0.3) is 0 Å². The van der Waals surface area contributed by atoms with Crippen molar-refractivity contribution in [1.82, 2.24) is 0 Å². The smallest absolute Gasteiger partial charge is 0.411 e. The van der Waals surface area contributed by atoms with Crippen LogP contribution in [0.15, 0.2) is 97.1 Å². The van der Waals surface area contributed by atoms with Gasteiger partial charge >= 0.3 is 12.4 Å². The molecular formula is C27H20F6N2O2. The lowest BCUT2D eigenvalue weighted by Gasteiger charge is -2.39. The number of nitrogen functional groups attached to an aromatic ring is 2. The van der Waals surface area contributed by atoms with E-state index >= 15 is 0 Å². The molecule has 0 amide bonds. The molecule has 4 aromatic rings. The second-order valence-electron chi connectivity index (χ2n) is 8.02. The van der Waals surface area contributed by atoms with Crippen molar-refractivity contribution in [2.45, 2.75) is 17.8 Å². The minimum atomic E-state index is -5.88. The Kier molecular flexibility index (Phi) is 6.68. The summed E-state index contributed by atoms with van der Waals surface area (Å²) in [7, 11) is 0. The van der Waals surface area contributed by atoms with E-state index in [0.29, 0.717) is 0 Å². The Hall–Kier alpha value is -4.34. The van der Waals surface area contributed by atoms with Crippen molar-refractivity contribution in [3.05, 3.63) is 108 Å². The van der Waals surface area contributed by atoms with E-state index in [1.54, 1.807) is 12.1 Å². The van der Waals surface area contributed by atoms with E-state index in [0.717, 1.165) is 36.4 Å². The van der Waals surface area contributed by atoms with Crippen molar-refractivity contribution in [3.63, 3.8) is 0 Å². The Balaban J connectivity index is 2.02. The zero-order valence-corrected chi connectivity index (χ0v) is 19.0. The highest BCUT2D eigenvalue weighted by molar-refractivity contribution is 5.60. The lowest BCUT2D eigenvalue weighted by molar-refractivity contribution is -0.289. The third-order valence-electron chi connectivity index (χ3n) is 5.71. The molecule has 0 atom stereocenters. The number of anilines is 2. The second kappa shape index (κ2) is 9.61. The lowest BCUT2D eigenvalue weighted by Crippen LogP contribution is -2.55. The van der Waals surface area contributed by atoms with Gasteiger partial charge in [0.15, 0.2) is 0 Å². The van der Waals surface area contributed by atoms with Gasteiger partial charge in [0.05, 0.1) is 11.4 Å². The number of benzene rings is 4. The standard InChI is InChI=1S/C27H20F6N2O2/c28-26(29,30)25(27(31,32)33,17-9-1-5-13-21(17)36-23-15-7-3-11-19(23)34)18-10-2-6-14-22(18)37-24-16-8-4-12-20(24)35/h1-16H,34-35H2. The van der Waals surface area contributed by atoms with E-state index in [4.69, 9.17) is 20.9 Å². The molecule has 0 aliphatic heterocycles. The molecule has 0 saturated carbocycles. The highest BCUT2D eigenvalue weighted by atomic mass is 19.4. The molecule has 4 nitrogen and oxygen atoms in total. The van der Waals surface area contributed by atoms with Crippen molar-refractivity contribution in [1.29, 1.82) is 0 Å². The summed E-state index contributed by atoms with van der Waals surface area (Å²) in [5.74, 6) is -1.56. The first-order valence-corrected chi connectivity index (χ1v) is 10.8. The number of alkyl halides is 6. The van der Waals surface area contributed by atoms with Crippen LogP contribution in [-0.4, -0.2) is 12.4 Å². The normalized spacial score (nSPS) is 12.3. The van der Waals surface area contributed by atoms with E-state index < -0.39 is 40.4 Å². The molecule has 4 aromatic carbocycles. The van der Waals surface area contributed by atoms with Crippen LogP contribution < -0.4 is 20.9 Å². The van der Waals surface area contributed by atoms with E-state index in [-0.39, 0.29) is 22.9 Å². The van der Waals surface area contributed by atoms with Crippen LogP contribution in [-0.2, 0) is 5.41 Å². The maximum Gasteiger partial charge on any atom is 0.411 e. The summed E-state index contributed by atoms with van der Waals surface area (Å²) in [6.07, 6.45) is -11.8. The molecule has 10 heteroatoms. The highest BCUT2D eigenvalue weighted by Gasteiger charge is 2.74. The van der Waals surface area contributed by atoms with Crippen molar-refractivity contribution < 1.29 is 35.8 Å². The summed E-state index contributed by atoms with van der Waals surface area (Å²) < 4.78 is 101. The van der Waals surface area contributed by atoms with E-state index in [1.165, 1.54) is 48.5 Å². The zero-order valence-electron chi connectivity index (χ0n) is 19.0. The van der Waals surface area contributed by atoms with Crippen LogP contribution in [0.5, 0.6) is 23.0 Å². The second-order valence-corrected chi connectivity index (χ2v) is 8.02. The average Bonchev–Trinajstić information content (AvgIpc) is 2.83. The molecule has 192 valence electrons. The van der Waals surface area contributed by atoms with Gasteiger partial charge in [-0.25, -0.2) is 0 Å². The SMILES string of the molecule is Nc1ccccc1Oc1ccccc1C(c1ccccc1Oc1ccccc1N)(C(F)(F)F)C(F)(F)F. The molecule has 0 heterocycles. The van der Waals surface area contributed by atoms with E-state index in [9.17, 15) is 26.3 Å². The van der Waals surface area contributed by atoms with Gasteiger partial charge in [-0.1, -0.05) is 60.7 Å². The zero-order chi connectivity index (χ0) is 26.8. The Labute approximate surface area is 208 Å². The Morgan fingerprint density at radius 1 is 0.432 bits per heavy atom. The quantitative estimate of drug-likeness (QED) is 0.202. The van der Waals surface area contributed by atoms with Crippen molar-refractivity contribution in [3.8, 4) is 23.0 Å². The average molecular weight is 518 g/mol. The van der Waals surface area contributed by atoms with Crippen LogP contribution in [0.1, 0.15) is 11.1 Å². The molecule has 0 bridgehead atoms. The van der Waals surface area contributed by atoms with Gasteiger partial charge in [-0.2, -0.15) is 26.3 Å². The topological polar surface area (TPSA) is 70.5 Å². The van der Waals surface area contributed by atoms with Gasteiger partial charge in [0, 0.05) is 11.1 Å². The first-order valence-electron chi connectivity index (χ1n) is 10.8. The van der Waals surface area contributed by atoms with Gasteiger partial charge in [0.1, 0.15) is 23.0 Å². The number of para-hydroxylation sites is 6. The molecule has 4 rings (SSSR count). The van der Waals surface area contributed by atoms with Gasteiger partial charge in [-0.3, -0.25) is 0 Å². The predicted molar refractivity (Wildman–Crippen MR) is 128 cm³/mol. The maximum absolute atomic E-state index is 15.0. The third kappa shape index (κ3) is 4.62. The third-order valence-corrected chi connectivity index (χ3v) is 5.71. The van der Waals surface area contributed by atoms with Crippen LogP contribution in [0.3, 0.4) is 0 Å². The minimum absolute atomic E-state index is 0.0326. The molecule has 0 aliphatic carbocycles. The summed E-state index contributed by atoms with van der Waals surface area (Å²) in [4.78, 5) is 0. The van der Waals surface area contributed by atoms with Crippen LogP contribution in [0, 0.1) is 0 Å². The fourth-order valence-corrected chi connectivity index (χ4v) is 4.03. The van der Waals surface area contributed by atoms with Gasteiger partial charge in [-0.05, 0) is 36.4 Å². The molecule has 0 spiro atoms. The Bertz CT molecular complexity index is 1300. The van der Waals surface area contributed by atoms with Crippen LogP contribution in [0.2, 0.25) is 0 Å². The fourth-order valence-electron chi connectivity index (χ4n) is 4.03. The summed E-state index contributed by atoms with van der Waals surface area (Å²) in [5.41, 5.74) is 4.82. The lowest BCUT2D eigenvalue weighted by atomic mass is 9.72. The van der Waals surface area contributed by atoms with Crippen LogP contribution in [0.4, 0.5) is 37.7 Å². The Morgan fingerprint density at radius 2 is 0.730 bits per heavy atom. The number of hydrogen-bond acceptors (Lipinski definition) is 4. The number of halogens is 6. The van der Waals surface area contributed by atoms with Gasteiger partial charge < -0.3 is 20.9 Å². The van der Waals surface area contributed by atoms with Gasteiger partial charge in [0.25, 0.3) is 0 Å². The summed E-state index contributed by atoms with van der Waals surface area (Å²) >= 11 is 0. The molecule has 37 heavy (non-hydrogen) atoms. The van der Waals surface area contributed by atoms with Crippen molar-refractivity contribution in [2.24, 2.45) is 0 Å². The maximum atomic E-state index is 15.0. The van der Waals surface area contributed by atoms with E-state index in [2.05, 4.69) is 0 Å². The molecule has 0 aliphatic rings. The monoisotopic (exact) mass is 518 g/mol. The van der Waals surface area contributed by atoms with Gasteiger partial charge in [-0.15, -0.1) is 0 Å². The molecule has 0 unspecified atom stereocenters. The van der Waals surface area contributed by atoms with Crippen LogP contribution >= 0.6 is 0 Å². The first kappa shape index (κ1) is 25.7. The largest absolute Gasteiger partial charge is 0.455 e. The highest BCUT2D eigenvalue weighted by Crippen LogP contribution is 2.60.